The number of aryl methyl sites for hydroxylation is 1. The van der Waals surface area contributed by atoms with E-state index in [0.29, 0.717) is 6.54 Å². The Morgan fingerprint density at radius 2 is 1.95 bits per heavy atom. The highest BCUT2D eigenvalue weighted by Gasteiger charge is 2.14. The second-order valence-electron chi connectivity index (χ2n) is 4.70. The summed E-state index contributed by atoms with van der Waals surface area (Å²) >= 11 is 0. The van der Waals surface area contributed by atoms with Crippen molar-refractivity contribution in [1.82, 2.24) is 9.13 Å². The third-order valence-electron chi connectivity index (χ3n) is 3.13. The Hall–Kier alpha value is -1.95. The molecule has 0 saturated heterocycles. The van der Waals surface area contributed by atoms with Crippen molar-refractivity contribution < 1.29 is 8.78 Å². The van der Waals surface area contributed by atoms with Crippen LogP contribution in [0.3, 0.4) is 0 Å². The first-order chi connectivity index (χ1) is 9.52. The summed E-state index contributed by atoms with van der Waals surface area (Å²) in [5, 5.41) is 0. The molecule has 20 heavy (non-hydrogen) atoms. The molecule has 1 atom stereocenters. The van der Waals surface area contributed by atoms with Crippen LogP contribution in [0.15, 0.2) is 35.4 Å². The fourth-order valence-corrected chi connectivity index (χ4v) is 2.11. The Morgan fingerprint density at radius 1 is 1.25 bits per heavy atom. The molecule has 1 heterocycles. The lowest BCUT2D eigenvalue weighted by Crippen LogP contribution is -2.28. The van der Waals surface area contributed by atoms with Gasteiger partial charge in [-0.25, -0.2) is 13.6 Å². The summed E-state index contributed by atoms with van der Waals surface area (Å²) in [7, 11) is 0. The van der Waals surface area contributed by atoms with Crippen molar-refractivity contribution in [2.45, 2.75) is 32.5 Å². The molecule has 0 spiro atoms. The highest BCUT2D eigenvalue weighted by Crippen LogP contribution is 2.17. The highest BCUT2D eigenvalue weighted by molar-refractivity contribution is 5.22. The SMILES string of the molecule is CCCn1ccn(CC(N)c2cc(F)ccc2F)c1=O. The van der Waals surface area contributed by atoms with Gasteiger partial charge in [-0.05, 0) is 24.6 Å². The molecular weight excluding hydrogens is 264 g/mol. The van der Waals surface area contributed by atoms with E-state index in [1.807, 2.05) is 6.92 Å². The number of nitrogens with two attached hydrogens (primary N) is 1. The first-order valence-electron chi connectivity index (χ1n) is 6.49. The topological polar surface area (TPSA) is 52.9 Å². The molecule has 108 valence electrons. The molecule has 0 aliphatic carbocycles. The summed E-state index contributed by atoms with van der Waals surface area (Å²) in [6, 6.07) is 2.36. The number of hydrogen-bond donors (Lipinski definition) is 1. The lowest BCUT2D eigenvalue weighted by Gasteiger charge is -2.13. The minimum absolute atomic E-state index is 0.0696. The van der Waals surface area contributed by atoms with Crippen LogP contribution < -0.4 is 11.4 Å². The predicted molar refractivity (Wildman–Crippen MR) is 72.3 cm³/mol. The normalized spacial score (nSPS) is 12.6. The second-order valence-corrected chi connectivity index (χ2v) is 4.70. The van der Waals surface area contributed by atoms with Gasteiger partial charge in [-0.15, -0.1) is 0 Å². The molecule has 0 bridgehead atoms. The maximum Gasteiger partial charge on any atom is 0.328 e. The van der Waals surface area contributed by atoms with Crippen LogP contribution >= 0.6 is 0 Å². The molecule has 1 aromatic carbocycles. The maximum atomic E-state index is 13.6. The van der Waals surface area contributed by atoms with Crippen molar-refractivity contribution >= 4 is 0 Å². The van der Waals surface area contributed by atoms with Crippen molar-refractivity contribution in [2.24, 2.45) is 5.73 Å². The van der Waals surface area contributed by atoms with E-state index in [-0.39, 0.29) is 17.8 Å². The molecule has 2 rings (SSSR count). The van der Waals surface area contributed by atoms with Gasteiger partial charge < -0.3 is 5.73 Å². The molecule has 4 nitrogen and oxygen atoms in total. The molecular formula is C14H17F2N3O. The van der Waals surface area contributed by atoms with Gasteiger partial charge in [-0.3, -0.25) is 9.13 Å². The van der Waals surface area contributed by atoms with E-state index in [2.05, 4.69) is 0 Å². The molecule has 0 saturated carbocycles. The summed E-state index contributed by atoms with van der Waals surface area (Å²) in [5.74, 6) is -1.12. The zero-order chi connectivity index (χ0) is 14.7. The minimum atomic E-state index is -0.777. The average Bonchev–Trinajstić information content (AvgIpc) is 2.75. The monoisotopic (exact) mass is 281 g/mol. The van der Waals surface area contributed by atoms with Gasteiger partial charge in [-0.2, -0.15) is 0 Å². The third kappa shape index (κ3) is 2.96. The Morgan fingerprint density at radius 3 is 2.65 bits per heavy atom. The number of hydrogen-bond acceptors (Lipinski definition) is 2. The van der Waals surface area contributed by atoms with E-state index in [4.69, 9.17) is 5.73 Å². The van der Waals surface area contributed by atoms with Gasteiger partial charge in [0.05, 0.1) is 6.04 Å². The van der Waals surface area contributed by atoms with E-state index in [9.17, 15) is 13.6 Å². The Balaban J connectivity index is 2.21. The standard InChI is InChI=1S/C14H17F2N3O/c1-2-5-18-6-7-19(14(18)20)9-13(17)11-8-10(15)3-4-12(11)16/h3-4,6-8,13H,2,5,9,17H2,1H3. The minimum Gasteiger partial charge on any atom is -0.322 e. The summed E-state index contributed by atoms with van der Waals surface area (Å²) in [6.07, 6.45) is 4.12. The second kappa shape index (κ2) is 6.00. The maximum absolute atomic E-state index is 13.6. The fraction of sp³-hybridized carbons (Fsp3) is 0.357. The van der Waals surface area contributed by atoms with Crippen LogP contribution in [0.5, 0.6) is 0 Å². The zero-order valence-corrected chi connectivity index (χ0v) is 11.2. The third-order valence-corrected chi connectivity index (χ3v) is 3.13. The molecule has 0 radical (unpaired) electrons. The molecule has 2 N–H and O–H groups in total. The summed E-state index contributed by atoms with van der Waals surface area (Å²) in [4.78, 5) is 12.0. The van der Waals surface area contributed by atoms with Gasteiger partial charge in [0, 0.05) is 31.0 Å². The van der Waals surface area contributed by atoms with Crippen LogP contribution in [-0.4, -0.2) is 9.13 Å². The smallest absolute Gasteiger partial charge is 0.322 e. The van der Waals surface area contributed by atoms with E-state index in [0.717, 1.165) is 24.6 Å². The Bertz CT molecular complexity index is 648. The van der Waals surface area contributed by atoms with Crippen LogP contribution in [0.4, 0.5) is 8.78 Å². The van der Waals surface area contributed by atoms with Crippen molar-refractivity contribution in [3.63, 3.8) is 0 Å². The number of halogens is 2. The molecule has 1 unspecified atom stereocenters. The summed E-state index contributed by atoms with van der Waals surface area (Å²) in [6.45, 7) is 2.70. The average molecular weight is 281 g/mol. The highest BCUT2D eigenvalue weighted by atomic mass is 19.1. The van der Waals surface area contributed by atoms with Gasteiger partial charge >= 0.3 is 5.69 Å². The van der Waals surface area contributed by atoms with Crippen LogP contribution in [0.1, 0.15) is 24.9 Å². The number of nitrogens with zero attached hydrogens (tertiary/aromatic N) is 2. The number of rotatable bonds is 5. The first-order valence-corrected chi connectivity index (χ1v) is 6.49. The number of benzene rings is 1. The van der Waals surface area contributed by atoms with E-state index in [1.54, 1.807) is 17.0 Å². The van der Waals surface area contributed by atoms with Crippen molar-refractivity contribution in [3.8, 4) is 0 Å². The molecule has 0 aliphatic heterocycles. The quantitative estimate of drug-likeness (QED) is 0.911. The van der Waals surface area contributed by atoms with Gasteiger partial charge in [-0.1, -0.05) is 6.92 Å². The molecule has 6 heteroatoms. The molecule has 0 amide bonds. The zero-order valence-electron chi connectivity index (χ0n) is 11.2. The van der Waals surface area contributed by atoms with E-state index in [1.165, 1.54) is 4.57 Å². The lowest BCUT2D eigenvalue weighted by atomic mass is 10.1. The predicted octanol–water partition coefficient (Wildman–Crippen LogP) is 2.04. The van der Waals surface area contributed by atoms with Crippen LogP contribution in [0.2, 0.25) is 0 Å². The number of aromatic nitrogens is 2. The summed E-state index contributed by atoms with van der Waals surface area (Å²) in [5.41, 5.74) is 5.75. The molecule has 2 aromatic rings. The molecule has 1 aromatic heterocycles. The van der Waals surface area contributed by atoms with Crippen molar-refractivity contribution in [3.05, 3.63) is 58.3 Å². The van der Waals surface area contributed by atoms with Gasteiger partial charge in [0.1, 0.15) is 11.6 Å². The van der Waals surface area contributed by atoms with Crippen LogP contribution in [0.25, 0.3) is 0 Å². The van der Waals surface area contributed by atoms with Gasteiger partial charge in [0.15, 0.2) is 0 Å². The van der Waals surface area contributed by atoms with Gasteiger partial charge in [0.25, 0.3) is 0 Å². The fourth-order valence-electron chi connectivity index (χ4n) is 2.11. The van der Waals surface area contributed by atoms with Crippen LogP contribution in [-0.2, 0) is 13.1 Å². The first kappa shape index (κ1) is 14.5. The van der Waals surface area contributed by atoms with E-state index >= 15 is 0 Å². The lowest BCUT2D eigenvalue weighted by molar-refractivity contribution is 0.507. The Kier molecular flexibility index (Phi) is 4.34. The van der Waals surface area contributed by atoms with Gasteiger partial charge in [0.2, 0.25) is 0 Å². The molecule has 0 fully saturated rings. The van der Waals surface area contributed by atoms with E-state index < -0.39 is 17.7 Å². The van der Waals surface area contributed by atoms with Crippen LogP contribution in [0, 0.1) is 11.6 Å². The van der Waals surface area contributed by atoms with Crippen molar-refractivity contribution in [1.29, 1.82) is 0 Å². The molecule has 0 aliphatic rings. The largest absolute Gasteiger partial charge is 0.328 e. The number of imidazole rings is 1. The van der Waals surface area contributed by atoms with Crippen molar-refractivity contribution in [2.75, 3.05) is 0 Å². The summed E-state index contributed by atoms with van der Waals surface area (Å²) < 4.78 is 29.7. The Labute approximate surface area is 115 Å².